The second-order valence-corrected chi connectivity index (χ2v) is 4.41. The smallest absolute Gasteiger partial charge is 0.261 e. The van der Waals surface area contributed by atoms with E-state index in [4.69, 9.17) is 0 Å². The second-order valence-electron chi connectivity index (χ2n) is 4.41. The normalized spacial score (nSPS) is 13.7. The Morgan fingerprint density at radius 3 is 2.11 bits per heavy atom. The molecule has 100 valence electrons. The Morgan fingerprint density at radius 2 is 1.68 bits per heavy atom. The fourth-order valence-corrected chi connectivity index (χ4v) is 2.20. The Bertz CT molecular complexity index is 504. The highest BCUT2D eigenvalue weighted by Crippen LogP contribution is 2.21. The molecule has 1 aliphatic rings. The van der Waals surface area contributed by atoms with Crippen molar-refractivity contribution >= 4 is 17.7 Å². The van der Waals surface area contributed by atoms with Gasteiger partial charge in [-0.05, 0) is 19.1 Å². The molecule has 0 aromatic heterocycles. The van der Waals surface area contributed by atoms with E-state index >= 15 is 0 Å². The van der Waals surface area contributed by atoms with E-state index in [0.29, 0.717) is 24.2 Å². The molecule has 5 nitrogen and oxygen atoms in total. The lowest BCUT2D eigenvalue weighted by molar-refractivity contribution is -0.128. The van der Waals surface area contributed by atoms with Crippen LogP contribution in [-0.2, 0) is 4.79 Å². The molecule has 3 amide bonds. The van der Waals surface area contributed by atoms with Gasteiger partial charge in [-0.1, -0.05) is 12.1 Å². The minimum absolute atomic E-state index is 0.0564. The molecular formula is C14H16N2O3. The summed E-state index contributed by atoms with van der Waals surface area (Å²) in [6.45, 7) is 4.52. The van der Waals surface area contributed by atoms with Gasteiger partial charge in [0.2, 0.25) is 5.91 Å². The van der Waals surface area contributed by atoms with Crippen LogP contribution in [0.3, 0.4) is 0 Å². The van der Waals surface area contributed by atoms with E-state index in [1.165, 1.54) is 11.8 Å². The maximum Gasteiger partial charge on any atom is 0.261 e. The lowest BCUT2D eigenvalue weighted by Crippen LogP contribution is -2.40. The quantitative estimate of drug-likeness (QED) is 0.763. The van der Waals surface area contributed by atoms with Gasteiger partial charge in [0.15, 0.2) is 0 Å². The van der Waals surface area contributed by atoms with Crippen LogP contribution in [0.2, 0.25) is 0 Å². The summed E-state index contributed by atoms with van der Waals surface area (Å²) < 4.78 is 0. The lowest BCUT2D eigenvalue weighted by atomic mass is 10.1. The van der Waals surface area contributed by atoms with Gasteiger partial charge in [-0.25, -0.2) is 0 Å². The van der Waals surface area contributed by atoms with E-state index in [1.54, 1.807) is 29.2 Å². The summed E-state index contributed by atoms with van der Waals surface area (Å²) in [4.78, 5) is 38.3. The molecule has 2 rings (SSSR count). The number of rotatable bonds is 4. The maximum atomic E-state index is 12.1. The van der Waals surface area contributed by atoms with E-state index in [0.717, 1.165) is 0 Å². The molecule has 0 spiro atoms. The minimum Gasteiger partial charge on any atom is -0.341 e. The number of fused-ring (bicyclic) bond motifs is 1. The third kappa shape index (κ3) is 2.36. The van der Waals surface area contributed by atoms with Crippen LogP contribution in [-0.4, -0.2) is 47.2 Å². The van der Waals surface area contributed by atoms with Gasteiger partial charge in [-0.3, -0.25) is 19.3 Å². The van der Waals surface area contributed by atoms with Crippen molar-refractivity contribution in [2.45, 2.75) is 13.8 Å². The SMILES string of the molecule is CCN(CCN1C(=O)c2ccccc2C1=O)C(C)=O. The highest BCUT2D eigenvalue weighted by molar-refractivity contribution is 6.21. The summed E-state index contributed by atoms with van der Waals surface area (Å²) in [7, 11) is 0. The zero-order valence-electron chi connectivity index (χ0n) is 11.0. The van der Waals surface area contributed by atoms with Gasteiger partial charge >= 0.3 is 0 Å². The molecule has 0 unspecified atom stereocenters. The summed E-state index contributed by atoms with van der Waals surface area (Å²) in [5.74, 6) is -0.612. The molecule has 1 heterocycles. The highest BCUT2D eigenvalue weighted by Gasteiger charge is 2.34. The lowest BCUT2D eigenvalue weighted by Gasteiger charge is -2.22. The molecule has 19 heavy (non-hydrogen) atoms. The van der Waals surface area contributed by atoms with Gasteiger partial charge in [0.05, 0.1) is 11.1 Å². The van der Waals surface area contributed by atoms with Gasteiger partial charge in [0.25, 0.3) is 11.8 Å². The van der Waals surface area contributed by atoms with Gasteiger partial charge in [-0.2, -0.15) is 0 Å². The molecule has 0 saturated carbocycles. The molecule has 0 fully saturated rings. The Balaban J connectivity index is 2.10. The Kier molecular flexibility index (Phi) is 3.64. The van der Waals surface area contributed by atoms with E-state index in [-0.39, 0.29) is 24.3 Å². The second kappa shape index (κ2) is 5.22. The van der Waals surface area contributed by atoms with Crippen LogP contribution in [0.15, 0.2) is 24.3 Å². The van der Waals surface area contributed by atoms with E-state index in [9.17, 15) is 14.4 Å². The predicted octanol–water partition coefficient (Wildman–Crippen LogP) is 1.15. The molecule has 1 aliphatic heterocycles. The van der Waals surface area contributed by atoms with Crippen molar-refractivity contribution in [1.29, 1.82) is 0 Å². The van der Waals surface area contributed by atoms with E-state index in [2.05, 4.69) is 0 Å². The Labute approximate surface area is 111 Å². The Hall–Kier alpha value is -2.17. The van der Waals surface area contributed by atoms with Crippen LogP contribution < -0.4 is 0 Å². The fraction of sp³-hybridized carbons (Fsp3) is 0.357. The first-order valence-electron chi connectivity index (χ1n) is 6.27. The molecule has 0 N–H and O–H groups in total. The molecule has 0 saturated heterocycles. The maximum absolute atomic E-state index is 12.1. The number of carbonyl (C=O) groups is 3. The first-order chi connectivity index (χ1) is 9.06. The molecule has 1 aromatic rings. The monoisotopic (exact) mass is 260 g/mol. The van der Waals surface area contributed by atoms with Crippen molar-refractivity contribution in [3.63, 3.8) is 0 Å². The topological polar surface area (TPSA) is 57.7 Å². The summed E-state index contributed by atoms with van der Waals surface area (Å²) in [6, 6.07) is 6.78. The van der Waals surface area contributed by atoms with Gasteiger partial charge in [0, 0.05) is 26.6 Å². The molecular weight excluding hydrogens is 244 g/mol. The average Bonchev–Trinajstić information content (AvgIpc) is 2.64. The highest BCUT2D eigenvalue weighted by atomic mass is 16.2. The Morgan fingerprint density at radius 1 is 1.16 bits per heavy atom. The van der Waals surface area contributed by atoms with E-state index in [1.807, 2.05) is 6.92 Å². The molecule has 1 aromatic carbocycles. The molecule has 0 atom stereocenters. The van der Waals surface area contributed by atoms with Gasteiger partial charge in [-0.15, -0.1) is 0 Å². The van der Waals surface area contributed by atoms with Crippen LogP contribution in [0.1, 0.15) is 34.6 Å². The van der Waals surface area contributed by atoms with Crippen molar-refractivity contribution in [1.82, 2.24) is 9.80 Å². The largest absolute Gasteiger partial charge is 0.341 e. The van der Waals surface area contributed by atoms with Gasteiger partial charge in [0.1, 0.15) is 0 Å². The van der Waals surface area contributed by atoms with Gasteiger partial charge < -0.3 is 4.90 Å². The summed E-state index contributed by atoms with van der Waals surface area (Å²) in [6.07, 6.45) is 0. The number of carbonyl (C=O) groups excluding carboxylic acids is 3. The van der Waals surface area contributed by atoms with Crippen molar-refractivity contribution < 1.29 is 14.4 Å². The first kappa shape index (κ1) is 13.3. The van der Waals surface area contributed by atoms with Crippen molar-refractivity contribution in [2.24, 2.45) is 0 Å². The number of hydrogen-bond acceptors (Lipinski definition) is 3. The summed E-state index contributed by atoms with van der Waals surface area (Å²) in [5, 5.41) is 0. The predicted molar refractivity (Wildman–Crippen MR) is 69.7 cm³/mol. The van der Waals surface area contributed by atoms with Crippen LogP contribution in [0, 0.1) is 0 Å². The molecule has 0 aliphatic carbocycles. The number of likely N-dealkylation sites (N-methyl/N-ethyl adjacent to an activating group) is 1. The zero-order valence-corrected chi connectivity index (χ0v) is 11.0. The number of nitrogens with zero attached hydrogens (tertiary/aromatic N) is 2. The van der Waals surface area contributed by atoms with Crippen molar-refractivity contribution in [3.05, 3.63) is 35.4 Å². The first-order valence-corrected chi connectivity index (χ1v) is 6.27. The number of amides is 3. The summed E-state index contributed by atoms with van der Waals surface area (Å²) >= 11 is 0. The molecule has 5 heteroatoms. The number of hydrogen-bond donors (Lipinski definition) is 0. The molecule has 0 bridgehead atoms. The zero-order chi connectivity index (χ0) is 14.0. The summed E-state index contributed by atoms with van der Waals surface area (Å²) in [5.41, 5.74) is 0.886. The average molecular weight is 260 g/mol. The molecule has 0 radical (unpaired) electrons. The van der Waals surface area contributed by atoms with Crippen LogP contribution in [0.25, 0.3) is 0 Å². The van der Waals surface area contributed by atoms with Crippen LogP contribution >= 0.6 is 0 Å². The van der Waals surface area contributed by atoms with Crippen molar-refractivity contribution in [2.75, 3.05) is 19.6 Å². The van der Waals surface area contributed by atoms with Crippen LogP contribution in [0.5, 0.6) is 0 Å². The van der Waals surface area contributed by atoms with Crippen molar-refractivity contribution in [3.8, 4) is 0 Å². The fourth-order valence-electron chi connectivity index (χ4n) is 2.20. The minimum atomic E-state index is -0.278. The third-order valence-electron chi connectivity index (χ3n) is 3.30. The standard InChI is InChI=1S/C14H16N2O3/c1-3-15(10(2)17)8-9-16-13(18)11-6-4-5-7-12(11)14(16)19/h4-7H,3,8-9H2,1-2H3. The third-order valence-corrected chi connectivity index (χ3v) is 3.30. The number of imide groups is 1. The number of benzene rings is 1. The van der Waals surface area contributed by atoms with E-state index < -0.39 is 0 Å². The van der Waals surface area contributed by atoms with Crippen LogP contribution in [0.4, 0.5) is 0 Å².